The van der Waals surface area contributed by atoms with E-state index in [-0.39, 0.29) is 23.8 Å². The molecule has 1 aliphatic heterocycles. The lowest BCUT2D eigenvalue weighted by Gasteiger charge is -2.24. The van der Waals surface area contributed by atoms with Gasteiger partial charge in [-0.25, -0.2) is 4.39 Å². The van der Waals surface area contributed by atoms with Crippen LogP contribution in [0.1, 0.15) is 18.9 Å². The smallest absolute Gasteiger partial charge is 0.238 e. The van der Waals surface area contributed by atoms with Crippen LogP contribution in [0.3, 0.4) is 0 Å². The molecule has 0 saturated carbocycles. The number of aryl methyl sites for hydroxylation is 1. The van der Waals surface area contributed by atoms with Crippen LogP contribution in [0.4, 0.5) is 10.1 Å². The van der Waals surface area contributed by atoms with Gasteiger partial charge in [0.25, 0.3) is 0 Å². The Kier molecular flexibility index (Phi) is 4.17. The molecule has 0 aliphatic carbocycles. The summed E-state index contributed by atoms with van der Waals surface area (Å²) in [5.41, 5.74) is 1.03. The Morgan fingerprint density at radius 3 is 2.95 bits per heavy atom. The van der Waals surface area contributed by atoms with E-state index in [1.165, 1.54) is 6.07 Å². The van der Waals surface area contributed by atoms with Crippen molar-refractivity contribution in [3.8, 4) is 0 Å². The third kappa shape index (κ3) is 3.75. The number of anilines is 1. The third-order valence-corrected chi connectivity index (χ3v) is 3.50. The van der Waals surface area contributed by atoms with Crippen molar-refractivity contribution in [2.45, 2.75) is 25.8 Å². The van der Waals surface area contributed by atoms with Gasteiger partial charge < -0.3 is 16.0 Å². The average molecular weight is 265 g/mol. The zero-order chi connectivity index (χ0) is 13.9. The minimum absolute atomic E-state index is 0.0319. The molecule has 1 aromatic carbocycles. The summed E-state index contributed by atoms with van der Waals surface area (Å²) in [5.74, 6) is -0.464. The number of carbonyl (C=O) groups excluding carboxylic acids is 1. The van der Waals surface area contributed by atoms with Gasteiger partial charge in [-0.05, 0) is 44.5 Å². The highest BCUT2D eigenvalue weighted by Crippen LogP contribution is 2.14. The van der Waals surface area contributed by atoms with E-state index < -0.39 is 0 Å². The quantitative estimate of drug-likeness (QED) is 0.771. The number of hydrogen-bond acceptors (Lipinski definition) is 3. The average Bonchev–Trinajstić information content (AvgIpc) is 2.79. The Bertz CT molecular complexity index is 470. The van der Waals surface area contributed by atoms with Crippen molar-refractivity contribution in [2.24, 2.45) is 0 Å². The van der Waals surface area contributed by atoms with Gasteiger partial charge in [-0.2, -0.15) is 0 Å². The zero-order valence-corrected chi connectivity index (χ0v) is 11.3. The fourth-order valence-electron chi connectivity index (χ4n) is 2.14. The fraction of sp³-hybridized carbons (Fsp3) is 0.500. The van der Waals surface area contributed by atoms with Crippen LogP contribution in [0, 0.1) is 12.7 Å². The molecule has 1 aliphatic rings. The molecule has 104 valence electrons. The normalized spacial score (nSPS) is 22.5. The number of amides is 1. The van der Waals surface area contributed by atoms with E-state index in [9.17, 15) is 9.18 Å². The molecule has 1 aromatic rings. The topological polar surface area (TPSA) is 53.2 Å². The largest absolute Gasteiger partial charge is 0.325 e. The number of hydrogen-bond donors (Lipinski definition) is 3. The molecule has 3 N–H and O–H groups in total. The van der Waals surface area contributed by atoms with Crippen molar-refractivity contribution in [2.75, 3.05) is 25.0 Å². The molecule has 1 amide bonds. The highest BCUT2D eigenvalue weighted by atomic mass is 19.1. The van der Waals surface area contributed by atoms with Crippen LogP contribution in [-0.2, 0) is 4.79 Å². The summed E-state index contributed by atoms with van der Waals surface area (Å²) < 4.78 is 13.3. The van der Waals surface area contributed by atoms with Gasteiger partial charge in [0.1, 0.15) is 5.82 Å². The SMILES string of the molecule is Cc1ccc(NC(=O)CNC2(C)CCNC2)cc1F. The minimum Gasteiger partial charge on any atom is -0.325 e. The molecular formula is C14H20FN3O. The van der Waals surface area contributed by atoms with Gasteiger partial charge in [0.05, 0.1) is 6.54 Å². The highest BCUT2D eigenvalue weighted by Gasteiger charge is 2.28. The molecule has 4 nitrogen and oxygen atoms in total. The van der Waals surface area contributed by atoms with Crippen molar-refractivity contribution in [3.63, 3.8) is 0 Å². The van der Waals surface area contributed by atoms with Gasteiger partial charge in [-0.3, -0.25) is 4.79 Å². The van der Waals surface area contributed by atoms with Crippen LogP contribution >= 0.6 is 0 Å². The molecule has 0 spiro atoms. The lowest BCUT2D eigenvalue weighted by molar-refractivity contribution is -0.115. The molecule has 0 bridgehead atoms. The second-order valence-corrected chi connectivity index (χ2v) is 5.35. The molecule has 1 saturated heterocycles. The summed E-state index contributed by atoms with van der Waals surface area (Å²) >= 11 is 0. The molecule has 1 unspecified atom stereocenters. The molecular weight excluding hydrogens is 245 g/mol. The first kappa shape index (κ1) is 14.0. The second kappa shape index (κ2) is 5.67. The highest BCUT2D eigenvalue weighted by molar-refractivity contribution is 5.92. The molecule has 0 aromatic heterocycles. The second-order valence-electron chi connectivity index (χ2n) is 5.35. The van der Waals surface area contributed by atoms with Crippen molar-refractivity contribution >= 4 is 11.6 Å². The molecule has 1 heterocycles. The summed E-state index contributed by atoms with van der Waals surface area (Å²) in [7, 11) is 0. The van der Waals surface area contributed by atoms with Crippen LogP contribution in [0.2, 0.25) is 0 Å². The van der Waals surface area contributed by atoms with E-state index in [1.807, 2.05) is 0 Å². The van der Waals surface area contributed by atoms with E-state index in [0.717, 1.165) is 19.5 Å². The molecule has 1 atom stereocenters. The van der Waals surface area contributed by atoms with Crippen LogP contribution < -0.4 is 16.0 Å². The lowest BCUT2D eigenvalue weighted by Crippen LogP contribution is -2.47. The van der Waals surface area contributed by atoms with E-state index in [2.05, 4.69) is 22.9 Å². The Morgan fingerprint density at radius 2 is 2.32 bits per heavy atom. The van der Waals surface area contributed by atoms with Crippen molar-refractivity contribution < 1.29 is 9.18 Å². The molecule has 0 radical (unpaired) electrons. The zero-order valence-electron chi connectivity index (χ0n) is 11.3. The number of carbonyl (C=O) groups is 1. The van der Waals surface area contributed by atoms with Crippen LogP contribution in [-0.4, -0.2) is 31.1 Å². The van der Waals surface area contributed by atoms with Crippen molar-refractivity contribution in [1.82, 2.24) is 10.6 Å². The lowest BCUT2D eigenvalue weighted by atomic mass is 10.0. The van der Waals surface area contributed by atoms with E-state index in [4.69, 9.17) is 0 Å². The first-order chi connectivity index (χ1) is 8.98. The first-order valence-electron chi connectivity index (χ1n) is 6.50. The van der Waals surface area contributed by atoms with Gasteiger partial charge in [-0.1, -0.05) is 6.07 Å². The Balaban J connectivity index is 1.85. The van der Waals surface area contributed by atoms with Crippen molar-refractivity contribution in [1.29, 1.82) is 0 Å². The van der Waals surface area contributed by atoms with E-state index in [1.54, 1.807) is 19.1 Å². The maximum atomic E-state index is 13.3. The summed E-state index contributed by atoms with van der Waals surface area (Å²) in [4.78, 5) is 11.8. The predicted molar refractivity (Wildman–Crippen MR) is 73.7 cm³/mol. The van der Waals surface area contributed by atoms with Crippen LogP contribution in [0.5, 0.6) is 0 Å². The minimum atomic E-state index is -0.308. The standard InChI is InChI=1S/C14H20FN3O/c1-10-3-4-11(7-12(10)15)18-13(19)8-17-14(2)5-6-16-9-14/h3-4,7,16-17H,5-6,8-9H2,1-2H3,(H,18,19). The van der Waals surface area contributed by atoms with Gasteiger partial charge in [0.15, 0.2) is 0 Å². The maximum absolute atomic E-state index is 13.3. The molecule has 19 heavy (non-hydrogen) atoms. The van der Waals surface area contributed by atoms with Gasteiger partial charge in [0, 0.05) is 17.8 Å². The molecule has 1 fully saturated rings. The van der Waals surface area contributed by atoms with E-state index >= 15 is 0 Å². The monoisotopic (exact) mass is 265 g/mol. The summed E-state index contributed by atoms with van der Waals surface area (Å²) in [6.07, 6.45) is 0.999. The Morgan fingerprint density at radius 1 is 1.53 bits per heavy atom. The first-order valence-corrected chi connectivity index (χ1v) is 6.50. The van der Waals surface area contributed by atoms with E-state index in [0.29, 0.717) is 11.3 Å². The van der Waals surface area contributed by atoms with Crippen LogP contribution in [0.15, 0.2) is 18.2 Å². The maximum Gasteiger partial charge on any atom is 0.238 e. The summed E-state index contributed by atoms with van der Waals surface area (Å²) in [6, 6.07) is 4.70. The summed E-state index contributed by atoms with van der Waals surface area (Å²) in [5, 5.41) is 9.18. The number of nitrogens with one attached hydrogen (secondary N) is 3. The summed E-state index contributed by atoms with van der Waals surface area (Å²) in [6.45, 7) is 5.84. The number of halogens is 1. The molecule has 5 heteroatoms. The molecule has 2 rings (SSSR count). The number of benzene rings is 1. The van der Waals surface area contributed by atoms with Gasteiger partial charge in [0.2, 0.25) is 5.91 Å². The Labute approximate surface area is 112 Å². The predicted octanol–water partition coefficient (Wildman–Crippen LogP) is 1.41. The Hall–Kier alpha value is -1.46. The van der Waals surface area contributed by atoms with Gasteiger partial charge in [-0.15, -0.1) is 0 Å². The fourth-order valence-corrected chi connectivity index (χ4v) is 2.14. The van der Waals surface area contributed by atoms with Crippen molar-refractivity contribution in [3.05, 3.63) is 29.6 Å². The number of rotatable bonds is 4. The van der Waals surface area contributed by atoms with Gasteiger partial charge >= 0.3 is 0 Å². The third-order valence-electron chi connectivity index (χ3n) is 3.50. The van der Waals surface area contributed by atoms with Crippen LogP contribution in [0.25, 0.3) is 0 Å².